The van der Waals surface area contributed by atoms with E-state index in [9.17, 15) is 18.8 Å². The number of carbonyl (C=O) groups excluding carboxylic acids is 2. The number of rotatable bonds is 11. The predicted octanol–water partition coefficient (Wildman–Crippen LogP) is 5.20. The molecule has 0 unspecified atom stereocenters. The Kier molecular flexibility index (Phi) is 9.36. The third kappa shape index (κ3) is 7.10. The number of ether oxygens (including phenoxy) is 2. The Balaban J connectivity index is 1.59. The Bertz CT molecular complexity index is 1600. The fourth-order valence-electron chi connectivity index (χ4n) is 4.21. The minimum atomic E-state index is -0.561. The van der Waals surface area contributed by atoms with Crippen LogP contribution >= 0.6 is 0 Å². The standard InChI is InChI=1S/C31H30FN3O6/c1-4-15-34(31(38)33-26-14-13-24(39-2)16-28(26)40-3)19-29(36)35(17-21-9-11-23(32)12-10-21)18-22-20-41-27-8-6-5-7-25(27)30(22)37/h4-14,16,20H,1,15,17-19H2,2-3H3,(H,33,38). The van der Waals surface area contributed by atoms with Crippen molar-refractivity contribution < 1.29 is 27.9 Å². The Morgan fingerprint density at radius 2 is 1.76 bits per heavy atom. The van der Waals surface area contributed by atoms with Crippen LogP contribution in [0, 0.1) is 5.82 Å². The van der Waals surface area contributed by atoms with Crippen LogP contribution in [0.5, 0.6) is 11.5 Å². The molecule has 1 heterocycles. The van der Waals surface area contributed by atoms with Crippen molar-refractivity contribution in [2.75, 3.05) is 32.6 Å². The molecular formula is C31H30FN3O6. The van der Waals surface area contributed by atoms with Crippen molar-refractivity contribution in [3.63, 3.8) is 0 Å². The third-order valence-corrected chi connectivity index (χ3v) is 6.37. The SMILES string of the molecule is C=CCN(CC(=O)N(Cc1ccc(F)cc1)Cc1coc2ccccc2c1=O)C(=O)Nc1ccc(OC)cc1OC. The van der Waals surface area contributed by atoms with Gasteiger partial charge in [-0.1, -0.05) is 30.3 Å². The van der Waals surface area contributed by atoms with Crippen LogP contribution in [0.3, 0.4) is 0 Å². The summed E-state index contributed by atoms with van der Waals surface area (Å²) in [6.45, 7) is 3.44. The van der Waals surface area contributed by atoms with E-state index in [1.165, 1.54) is 48.5 Å². The number of amides is 3. The van der Waals surface area contributed by atoms with E-state index in [0.29, 0.717) is 33.7 Å². The molecule has 10 heteroatoms. The molecule has 4 aromatic rings. The van der Waals surface area contributed by atoms with Gasteiger partial charge in [0.1, 0.15) is 29.4 Å². The van der Waals surface area contributed by atoms with Crippen LogP contribution in [0.2, 0.25) is 0 Å². The first-order chi connectivity index (χ1) is 19.8. The minimum absolute atomic E-state index is 0.0680. The second-order valence-electron chi connectivity index (χ2n) is 9.13. The number of hydrogen-bond acceptors (Lipinski definition) is 6. The van der Waals surface area contributed by atoms with Gasteiger partial charge in [0.2, 0.25) is 5.91 Å². The summed E-state index contributed by atoms with van der Waals surface area (Å²) in [4.78, 5) is 42.8. The highest BCUT2D eigenvalue weighted by Gasteiger charge is 2.23. The van der Waals surface area contributed by atoms with Gasteiger partial charge in [-0.15, -0.1) is 6.58 Å². The normalized spacial score (nSPS) is 10.6. The van der Waals surface area contributed by atoms with Gasteiger partial charge in [-0.25, -0.2) is 9.18 Å². The molecule has 3 aromatic carbocycles. The number of para-hydroxylation sites is 1. The van der Waals surface area contributed by atoms with Gasteiger partial charge in [-0.3, -0.25) is 9.59 Å². The molecular weight excluding hydrogens is 529 g/mol. The van der Waals surface area contributed by atoms with Crippen molar-refractivity contribution in [2.45, 2.75) is 13.1 Å². The van der Waals surface area contributed by atoms with Crippen LogP contribution in [0.25, 0.3) is 11.0 Å². The van der Waals surface area contributed by atoms with Gasteiger partial charge in [0.05, 0.1) is 43.7 Å². The van der Waals surface area contributed by atoms with E-state index >= 15 is 0 Å². The smallest absolute Gasteiger partial charge is 0.322 e. The Morgan fingerprint density at radius 3 is 2.46 bits per heavy atom. The second kappa shape index (κ2) is 13.3. The van der Waals surface area contributed by atoms with Crippen LogP contribution in [0.1, 0.15) is 11.1 Å². The molecule has 212 valence electrons. The third-order valence-electron chi connectivity index (χ3n) is 6.37. The van der Waals surface area contributed by atoms with E-state index in [0.717, 1.165) is 0 Å². The molecule has 1 N–H and O–H groups in total. The van der Waals surface area contributed by atoms with E-state index in [1.54, 1.807) is 54.6 Å². The molecule has 0 bridgehead atoms. The quantitative estimate of drug-likeness (QED) is 0.254. The summed E-state index contributed by atoms with van der Waals surface area (Å²) in [7, 11) is 2.98. The number of nitrogens with zero attached hydrogens (tertiary/aromatic N) is 2. The van der Waals surface area contributed by atoms with E-state index in [-0.39, 0.29) is 37.2 Å². The molecule has 0 aliphatic carbocycles. The topological polar surface area (TPSA) is 101 Å². The van der Waals surface area contributed by atoms with E-state index in [1.807, 2.05) is 0 Å². The first-order valence-electron chi connectivity index (χ1n) is 12.7. The van der Waals surface area contributed by atoms with Gasteiger partial charge >= 0.3 is 6.03 Å². The molecule has 0 atom stereocenters. The maximum atomic E-state index is 13.7. The number of benzene rings is 3. The zero-order valence-electron chi connectivity index (χ0n) is 22.8. The highest BCUT2D eigenvalue weighted by atomic mass is 19.1. The maximum absolute atomic E-state index is 13.7. The molecule has 0 radical (unpaired) electrons. The molecule has 0 saturated heterocycles. The van der Waals surface area contributed by atoms with Crippen molar-refractivity contribution in [2.24, 2.45) is 0 Å². The number of methoxy groups -OCH3 is 2. The number of carbonyl (C=O) groups is 2. The first-order valence-corrected chi connectivity index (χ1v) is 12.7. The van der Waals surface area contributed by atoms with Crippen LogP contribution in [-0.4, -0.2) is 49.0 Å². The Hall–Kier alpha value is -5.12. The molecule has 0 saturated carbocycles. The Morgan fingerprint density at radius 1 is 1.00 bits per heavy atom. The van der Waals surface area contributed by atoms with Crippen LogP contribution in [0.4, 0.5) is 14.9 Å². The molecule has 3 amide bonds. The summed E-state index contributed by atoms with van der Waals surface area (Å²) in [5.41, 5.74) is 1.46. The zero-order chi connectivity index (χ0) is 29.4. The summed E-state index contributed by atoms with van der Waals surface area (Å²) < 4.78 is 29.7. The number of anilines is 1. The van der Waals surface area contributed by atoms with Gasteiger partial charge in [0.15, 0.2) is 5.43 Å². The van der Waals surface area contributed by atoms with Crippen LogP contribution in [0.15, 0.2) is 94.9 Å². The maximum Gasteiger partial charge on any atom is 0.322 e. The fourth-order valence-corrected chi connectivity index (χ4v) is 4.21. The fraction of sp³-hybridized carbons (Fsp3) is 0.194. The molecule has 0 aliphatic heterocycles. The van der Waals surface area contributed by atoms with Gasteiger partial charge in [0.25, 0.3) is 0 Å². The van der Waals surface area contributed by atoms with Gasteiger partial charge in [-0.2, -0.15) is 0 Å². The van der Waals surface area contributed by atoms with Gasteiger partial charge < -0.3 is 29.0 Å². The van der Waals surface area contributed by atoms with Crippen molar-refractivity contribution in [1.29, 1.82) is 0 Å². The first kappa shape index (κ1) is 28.9. The molecule has 4 rings (SSSR count). The molecule has 0 fully saturated rings. The number of urea groups is 1. The van der Waals surface area contributed by atoms with Gasteiger partial charge in [0, 0.05) is 19.2 Å². The monoisotopic (exact) mass is 559 g/mol. The number of fused-ring (bicyclic) bond motifs is 1. The minimum Gasteiger partial charge on any atom is -0.497 e. The summed E-state index contributed by atoms with van der Waals surface area (Å²) in [5.74, 6) is 0.0706. The largest absolute Gasteiger partial charge is 0.497 e. The van der Waals surface area contributed by atoms with E-state index < -0.39 is 17.8 Å². The lowest BCUT2D eigenvalue weighted by atomic mass is 10.1. The highest BCUT2D eigenvalue weighted by molar-refractivity contribution is 5.94. The highest BCUT2D eigenvalue weighted by Crippen LogP contribution is 2.29. The Labute approximate surface area is 236 Å². The number of nitrogens with one attached hydrogen (secondary N) is 1. The second-order valence-corrected chi connectivity index (χ2v) is 9.13. The molecule has 1 aromatic heterocycles. The average molecular weight is 560 g/mol. The lowest BCUT2D eigenvalue weighted by Crippen LogP contribution is -2.44. The van der Waals surface area contributed by atoms with E-state index in [4.69, 9.17) is 13.9 Å². The van der Waals surface area contributed by atoms with E-state index in [2.05, 4.69) is 11.9 Å². The molecule has 9 nitrogen and oxygen atoms in total. The van der Waals surface area contributed by atoms with Crippen molar-refractivity contribution in [3.05, 3.63) is 113 Å². The predicted molar refractivity (Wildman–Crippen MR) is 153 cm³/mol. The van der Waals surface area contributed by atoms with Crippen LogP contribution in [-0.2, 0) is 17.9 Å². The molecule has 41 heavy (non-hydrogen) atoms. The average Bonchev–Trinajstić information content (AvgIpc) is 2.99. The molecule has 0 spiro atoms. The lowest BCUT2D eigenvalue weighted by molar-refractivity contribution is -0.133. The summed E-state index contributed by atoms with van der Waals surface area (Å²) >= 11 is 0. The zero-order valence-corrected chi connectivity index (χ0v) is 22.8. The summed E-state index contributed by atoms with van der Waals surface area (Å²) in [6, 6.07) is 16.9. The summed E-state index contributed by atoms with van der Waals surface area (Å²) in [5, 5.41) is 3.15. The van der Waals surface area contributed by atoms with Crippen molar-refractivity contribution in [3.8, 4) is 11.5 Å². The van der Waals surface area contributed by atoms with Crippen LogP contribution < -0.4 is 20.2 Å². The van der Waals surface area contributed by atoms with Gasteiger partial charge in [-0.05, 0) is 42.0 Å². The number of hydrogen-bond donors (Lipinski definition) is 1. The van der Waals surface area contributed by atoms with Crippen molar-refractivity contribution in [1.82, 2.24) is 9.80 Å². The lowest BCUT2D eigenvalue weighted by Gasteiger charge is -2.27. The number of halogens is 1. The van der Waals surface area contributed by atoms with Crippen molar-refractivity contribution >= 4 is 28.6 Å². The summed E-state index contributed by atoms with van der Waals surface area (Å²) in [6.07, 6.45) is 2.83. The molecule has 0 aliphatic rings.